The van der Waals surface area contributed by atoms with Crippen LogP contribution in [0.25, 0.3) is 11.0 Å². The molecule has 232 valence electrons. The van der Waals surface area contributed by atoms with Gasteiger partial charge in [0, 0.05) is 18.7 Å². The van der Waals surface area contributed by atoms with Gasteiger partial charge in [-0.15, -0.1) is 0 Å². The standard InChI is InChI=1S/C23H24F6N4O2.C2HF3O2/c1-3-31(4-2)9-10-32-18-12-15(20(30)34)11-17(23(27,28)29)19(18)33(21(32)35)13-14-5-7-16(8-6-14)22(24,25)26;3-2(4,5)1(6)7/h5-8,11-12H,3-4,9-10,13H2,1-2H3,(H2,30,34);(H,6,7). The number of halogens is 9. The molecule has 0 atom stereocenters. The van der Waals surface area contributed by atoms with Crippen LogP contribution in [0.1, 0.15) is 40.9 Å². The molecule has 0 unspecified atom stereocenters. The van der Waals surface area contributed by atoms with Crippen LogP contribution < -0.4 is 11.4 Å². The molecule has 3 rings (SSSR count). The van der Waals surface area contributed by atoms with E-state index in [0.717, 1.165) is 39.5 Å². The second kappa shape index (κ2) is 12.9. The average molecular weight is 616 g/mol. The molecule has 1 heterocycles. The highest BCUT2D eigenvalue weighted by Crippen LogP contribution is 2.36. The smallest absolute Gasteiger partial charge is 0.475 e. The fraction of sp³-hybridized carbons (Fsp3) is 0.400. The number of carbonyl (C=O) groups is 2. The van der Waals surface area contributed by atoms with Gasteiger partial charge in [-0.2, -0.15) is 39.5 Å². The molecule has 0 aliphatic rings. The molecule has 0 saturated carbocycles. The van der Waals surface area contributed by atoms with Gasteiger partial charge >= 0.3 is 30.2 Å². The minimum absolute atomic E-state index is 0.0382. The second-order valence-electron chi connectivity index (χ2n) is 8.80. The van der Waals surface area contributed by atoms with Crippen LogP contribution in [0.5, 0.6) is 0 Å². The number of carboxylic acid groups (broad SMARTS) is 1. The number of aromatic nitrogens is 2. The number of primary amides is 1. The van der Waals surface area contributed by atoms with E-state index in [9.17, 15) is 49.1 Å². The molecule has 0 spiro atoms. The van der Waals surface area contributed by atoms with Crippen molar-refractivity contribution in [1.29, 1.82) is 0 Å². The summed E-state index contributed by atoms with van der Waals surface area (Å²) in [6.07, 6.45) is -14.6. The number of hydrogen-bond donors (Lipinski definition) is 2. The Morgan fingerprint density at radius 2 is 1.40 bits per heavy atom. The van der Waals surface area contributed by atoms with Crippen molar-refractivity contribution >= 4 is 22.9 Å². The zero-order valence-electron chi connectivity index (χ0n) is 22.0. The molecule has 8 nitrogen and oxygen atoms in total. The van der Waals surface area contributed by atoms with Gasteiger partial charge in [0.05, 0.1) is 28.7 Å². The Bertz CT molecular complexity index is 1470. The van der Waals surface area contributed by atoms with E-state index in [2.05, 4.69) is 0 Å². The number of benzene rings is 2. The van der Waals surface area contributed by atoms with Crippen molar-refractivity contribution in [3.63, 3.8) is 0 Å². The minimum Gasteiger partial charge on any atom is -0.475 e. The van der Waals surface area contributed by atoms with Gasteiger partial charge in [-0.25, -0.2) is 9.59 Å². The third kappa shape index (κ3) is 8.27. The number of carboxylic acids is 1. The van der Waals surface area contributed by atoms with Gasteiger partial charge in [-0.1, -0.05) is 26.0 Å². The van der Waals surface area contributed by atoms with Gasteiger partial charge in [0.2, 0.25) is 5.91 Å². The van der Waals surface area contributed by atoms with Crippen molar-refractivity contribution in [2.75, 3.05) is 19.6 Å². The Labute approximate surface area is 231 Å². The van der Waals surface area contributed by atoms with Crippen LogP contribution in [0.2, 0.25) is 0 Å². The summed E-state index contributed by atoms with van der Waals surface area (Å²) in [7, 11) is 0. The summed E-state index contributed by atoms with van der Waals surface area (Å²) in [5.74, 6) is -3.84. The zero-order valence-corrected chi connectivity index (χ0v) is 22.0. The first-order chi connectivity index (χ1) is 19.2. The molecule has 1 aromatic heterocycles. The number of aliphatic carboxylic acids is 1. The summed E-state index contributed by atoms with van der Waals surface area (Å²) in [6, 6.07) is 5.55. The zero-order chi connectivity index (χ0) is 32.2. The van der Waals surface area contributed by atoms with E-state index in [1.54, 1.807) is 0 Å². The van der Waals surface area contributed by atoms with E-state index in [0.29, 0.717) is 25.7 Å². The molecule has 2 aromatic carbocycles. The molecule has 0 aliphatic heterocycles. The Kier molecular flexibility index (Phi) is 10.5. The van der Waals surface area contributed by atoms with Gasteiger partial charge in [-0.3, -0.25) is 13.9 Å². The third-order valence-electron chi connectivity index (χ3n) is 6.10. The number of fused-ring (bicyclic) bond motifs is 1. The SMILES string of the molecule is CCN(CC)CCn1c(=O)n(Cc2ccc(C(F)(F)F)cc2)c2c(C(F)(F)F)cc(C(N)=O)cc21.O=C(O)C(F)(F)F. The molecule has 0 radical (unpaired) electrons. The van der Waals surface area contributed by atoms with Gasteiger partial charge in [0.25, 0.3) is 0 Å². The van der Waals surface area contributed by atoms with Crippen LogP contribution in [0.15, 0.2) is 41.2 Å². The first kappa shape index (κ1) is 34.2. The highest BCUT2D eigenvalue weighted by molar-refractivity contribution is 5.97. The van der Waals surface area contributed by atoms with Crippen molar-refractivity contribution < 1.29 is 54.2 Å². The van der Waals surface area contributed by atoms with Crippen molar-refractivity contribution in [3.05, 3.63) is 69.1 Å². The van der Waals surface area contributed by atoms with Crippen molar-refractivity contribution in [1.82, 2.24) is 14.0 Å². The Balaban J connectivity index is 0.000000782. The maximum absolute atomic E-state index is 14.0. The lowest BCUT2D eigenvalue weighted by Gasteiger charge is -2.18. The van der Waals surface area contributed by atoms with Gasteiger partial charge < -0.3 is 15.7 Å². The van der Waals surface area contributed by atoms with Gasteiger partial charge in [0.1, 0.15) is 0 Å². The van der Waals surface area contributed by atoms with E-state index in [1.807, 2.05) is 18.7 Å². The number of amides is 1. The largest absolute Gasteiger partial charge is 0.490 e. The number of likely N-dealkylation sites (N-methyl/N-ethyl adjacent to an activating group) is 1. The fourth-order valence-corrected chi connectivity index (χ4v) is 3.94. The van der Waals surface area contributed by atoms with E-state index < -0.39 is 64.8 Å². The third-order valence-corrected chi connectivity index (χ3v) is 6.10. The number of carbonyl (C=O) groups excluding carboxylic acids is 1. The lowest BCUT2D eigenvalue weighted by molar-refractivity contribution is -0.192. The molecule has 3 N–H and O–H groups in total. The van der Waals surface area contributed by atoms with Gasteiger partial charge in [-0.05, 0) is 42.9 Å². The molecule has 1 amide bonds. The summed E-state index contributed by atoms with van der Waals surface area (Å²) >= 11 is 0. The predicted molar refractivity (Wildman–Crippen MR) is 132 cm³/mol. The number of rotatable bonds is 8. The van der Waals surface area contributed by atoms with Crippen molar-refractivity contribution in [3.8, 4) is 0 Å². The van der Waals surface area contributed by atoms with Crippen molar-refractivity contribution in [2.24, 2.45) is 5.73 Å². The summed E-state index contributed by atoms with van der Waals surface area (Å²) < 4.78 is 114. The Hall–Kier alpha value is -4.02. The molecule has 0 fully saturated rings. The molecule has 42 heavy (non-hydrogen) atoms. The molecule has 0 bridgehead atoms. The van der Waals surface area contributed by atoms with E-state index in [-0.39, 0.29) is 17.6 Å². The Morgan fingerprint density at radius 1 is 0.881 bits per heavy atom. The average Bonchev–Trinajstić information content (AvgIpc) is 3.13. The summed E-state index contributed by atoms with van der Waals surface area (Å²) in [5.41, 5.74) is 1.53. The van der Waals surface area contributed by atoms with Crippen LogP contribution >= 0.6 is 0 Å². The van der Waals surface area contributed by atoms with Crippen LogP contribution in [-0.2, 0) is 30.2 Å². The van der Waals surface area contributed by atoms with Crippen LogP contribution in [0.3, 0.4) is 0 Å². The lowest BCUT2D eigenvalue weighted by atomic mass is 10.1. The van der Waals surface area contributed by atoms with E-state index in [1.165, 1.54) is 0 Å². The van der Waals surface area contributed by atoms with Gasteiger partial charge in [0.15, 0.2) is 0 Å². The first-order valence-electron chi connectivity index (χ1n) is 12.0. The van der Waals surface area contributed by atoms with Crippen molar-refractivity contribution in [2.45, 2.75) is 45.5 Å². The number of hydrogen-bond acceptors (Lipinski definition) is 4. The molecular formula is C25H25F9N4O4. The topological polar surface area (TPSA) is 111 Å². The fourth-order valence-electron chi connectivity index (χ4n) is 3.94. The number of imidazole rings is 1. The molecule has 0 saturated heterocycles. The number of nitrogens with two attached hydrogens (primary N) is 1. The van der Waals surface area contributed by atoms with Crippen LogP contribution in [-0.4, -0.2) is 56.8 Å². The summed E-state index contributed by atoms with van der Waals surface area (Å²) in [6.45, 7) is 5.08. The first-order valence-corrected chi connectivity index (χ1v) is 12.0. The monoisotopic (exact) mass is 616 g/mol. The quantitative estimate of drug-likeness (QED) is 0.348. The highest BCUT2D eigenvalue weighted by atomic mass is 19.4. The maximum atomic E-state index is 14.0. The van der Waals surface area contributed by atoms with E-state index in [4.69, 9.17) is 15.6 Å². The van der Waals surface area contributed by atoms with E-state index >= 15 is 0 Å². The summed E-state index contributed by atoms with van der Waals surface area (Å²) in [5, 5.41) is 7.12. The number of nitrogens with zero attached hydrogens (tertiary/aromatic N) is 3. The predicted octanol–water partition coefficient (Wildman–Crippen LogP) is 4.96. The highest BCUT2D eigenvalue weighted by Gasteiger charge is 2.38. The van der Waals surface area contributed by atoms with Crippen LogP contribution in [0, 0.1) is 0 Å². The lowest BCUT2D eigenvalue weighted by Crippen LogP contribution is -2.32. The molecule has 17 heteroatoms. The maximum Gasteiger partial charge on any atom is 0.490 e. The van der Waals surface area contributed by atoms with Crippen LogP contribution in [0.4, 0.5) is 39.5 Å². The molecule has 0 aliphatic carbocycles. The second-order valence-corrected chi connectivity index (χ2v) is 8.80. The minimum atomic E-state index is -5.08. The summed E-state index contributed by atoms with van der Waals surface area (Å²) in [4.78, 5) is 35.9. The molecule has 3 aromatic rings. The normalized spacial score (nSPS) is 12.4. The Morgan fingerprint density at radius 3 is 1.81 bits per heavy atom. The molecular weight excluding hydrogens is 591 g/mol. The number of alkyl halides is 9.